The fourth-order valence-electron chi connectivity index (χ4n) is 11.7. The molecule has 0 aromatic carbocycles. The van der Waals surface area contributed by atoms with E-state index in [9.17, 15) is 4.79 Å². The number of carbonyl (C=O) groups is 1. The van der Waals surface area contributed by atoms with E-state index in [-0.39, 0.29) is 33.2 Å². The van der Waals surface area contributed by atoms with Crippen molar-refractivity contribution in [3.05, 3.63) is 85.9 Å². The molecule has 15 nitrogen and oxygen atoms in total. The molecular formula is C65H95Cl3N10O5. The van der Waals surface area contributed by atoms with Crippen molar-refractivity contribution in [2.24, 2.45) is 53.1 Å². The number of nitrogens with two attached hydrogens (primary N) is 1. The molecule has 0 amide bonds. The van der Waals surface area contributed by atoms with Crippen LogP contribution in [0.25, 0.3) is 34.4 Å². The quantitative estimate of drug-likeness (QED) is 0.0894. The van der Waals surface area contributed by atoms with Crippen LogP contribution in [0.3, 0.4) is 0 Å². The molecule has 6 aromatic rings. The molecule has 0 saturated heterocycles. The number of halogens is 3. The van der Waals surface area contributed by atoms with Crippen LogP contribution < -0.4 is 5.73 Å². The van der Waals surface area contributed by atoms with Gasteiger partial charge in [0.25, 0.3) is 0 Å². The van der Waals surface area contributed by atoms with Gasteiger partial charge in [0.2, 0.25) is 0 Å². The number of rotatable bonds is 16. The van der Waals surface area contributed by atoms with E-state index in [4.69, 9.17) is 57.5 Å². The highest BCUT2D eigenvalue weighted by Gasteiger charge is 2.31. The second-order valence-corrected chi connectivity index (χ2v) is 25.4. The Morgan fingerprint density at radius 1 is 0.530 bits per heavy atom. The Labute approximate surface area is 510 Å². The zero-order valence-corrected chi connectivity index (χ0v) is 51.3. The number of hydrogen-bond acceptors (Lipinski definition) is 15. The number of hydrogen-bond donors (Lipinski definition) is 1. The SMILES string of the molecule is C.C.CCOC(C)=O.Cc1noc(-c2ccnc(CC3CCC(C)CC3)n2)c1CC1CC1.Cc1noc(-c2nc(CC3CCC(C)CC3)ncc2Cl)c1CC1CC1.Cc1noc(-c2nc(CC3CCC(N)CC3)ncc2Cl)c1CC1CC1.Cl. The van der Waals surface area contributed by atoms with Crippen molar-refractivity contribution < 1.29 is 23.1 Å². The third-order valence-corrected chi connectivity index (χ3v) is 18.0. The molecule has 0 spiro atoms. The van der Waals surface area contributed by atoms with Crippen LogP contribution in [0.5, 0.6) is 0 Å². The number of carbonyl (C=O) groups excluding carboxylic acids is 1. The van der Waals surface area contributed by atoms with Crippen LogP contribution in [0.15, 0.2) is 38.2 Å². The van der Waals surface area contributed by atoms with Gasteiger partial charge in [-0.1, -0.05) is 93.1 Å². The van der Waals surface area contributed by atoms with Crippen molar-refractivity contribution in [2.45, 2.75) is 223 Å². The smallest absolute Gasteiger partial charge is 0.302 e. The average molecular weight is 1200 g/mol. The van der Waals surface area contributed by atoms with Crippen molar-refractivity contribution in [1.29, 1.82) is 0 Å². The van der Waals surface area contributed by atoms with E-state index in [1.165, 1.54) is 108 Å². The van der Waals surface area contributed by atoms with E-state index >= 15 is 0 Å². The highest BCUT2D eigenvalue weighted by atomic mass is 35.5. The fraction of sp³-hybridized carbons (Fsp3) is 0.662. The number of ether oxygens (including phenoxy) is 1. The van der Waals surface area contributed by atoms with Gasteiger partial charge in [-0.25, -0.2) is 29.9 Å². The predicted molar refractivity (Wildman–Crippen MR) is 332 cm³/mol. The van der Waals surface area contributed by atoms with Gasteiger partial charge in [-0.3, -0.25) is 4.79 Å². The number of nitrogens with zero attached hydrogens (tertiary/aromatic N) is 9. The molecule has 6 aromatic heterocycles. The second-order valence-electron chi connectivity index (χ2n) is 24.6. The molecule has 12 rings (SSSR count). The molecule has 6 aliphatic carbocycles. The number of aryl methyl sites for hydroxylation is 3. The minimum atomic E-state index is -0.211. The summed E-state index contributed by atoms with van der Waals surface area (Å²) < 4.78 is 21.3. The number of esters is 1. The summed E-state index contributed by atoms with van der Waals surface area (Å²) in [6.07, 6.45) is 34.0. The molecule has 6 saturated carbocycles. The van der Waals surface area contributed by atoms with E-state index in [2.05, 4.69) is 49.0 Å². The van der Waals surface area contributed by atoms with Crippen LogP contribution in [-0.4, -0.2) is 64.0 Å². The van der Waals surface area contributed by atoms with Crippen LogP contribution in [-0.2, 0) is 48.1 Å². The van der Waals surface area contributed by atoms with Crippen molar-refractivity contribution in [1.82, 2.24) is 45.4 Å². The van der Waals surface area contributed by atoms with Crippen LogP contribution in [0.4, 0.5) is 0 Å². The molecule has 0 radical (unpaired) electrons. The third kappa shape index (κ3) is 19.9. The van der Waals surface area contributed by atoms with Crippen LogP contribution >= 0.6 is 35.6 Å². The van der Waals surface area contributed by atoms with Gasteiger partial charge in [0, 0.05) is 67.5 Å². The maximum atomic E-state index is 9.82. The summed E-state index contributed by atoms with van der Waals surface area (Å²) in [5, 5.41) is 13.6. The summed E-state index contributed by atoms with van der Waals surface area (Å²) in [7, 11) is 0. The van der Waals surface area contributed by atoms with Gasteiger partial charge in [-0.05, 0) is 190 Å². The first-order chi connectivity index (χ1) is 38.7. The van der Waals surface area contributed by atoms with E-state index < -0.39 is 0 Å². The predicted octanol–water partition coefficient (Wildman–Crippen LogP) is 16.5. The molecule has 6 aliphatic rings. The largest absolute Gasteiger partial charge is 0.466 e. The fourth-order valence-corrected chi connectivity index (χ4v) is 12.0. The zero-order chi connectivity index (χ0) is 56.3. The average Bonchev–Trinajstić information content (AvgIpc) is 4.55. The van der Waals surface area contributed by atoms with Crippen LogP contribution in [0, 0.1) is 68.1 Å². The lowest BCUT2D eigenvalue weighted by molar-refractivity contribution is -0.140. The molecule has 0 unspecified atom stereocenters. The lowest BCUT2D eigenvalue weighted by Crippen LogP contribution is -2.27. The van der Waals surface area contributed by atoms with Gasteiger partial charge < -0.3 is 24.0 Å². The minimum absolute atomic E-state index is 0. The van der Waals surface area contributed by atoms with Gasteiger partial charge in [-0.15, -0.1) is 12.4 Å². The van der Waals surface area contributed by atoms with Crippen molar-refractivity contribution >= 4 is 41.6 Å². The Morgan fingerprint density at radius 3 is 1.23 bits per heavy atom. The van der Waals surface area contributed by atoms with E-state index in [0.29, 0.717) is 45.9 Å². The zero-order valence-electron chi connectivity index (χ0n) is 49.0. The molecule has 83 heavy (non-hydrogen) atoms. The Morgan fingerprint density at radius 2 is 0.867 bits per heavy atom. The van der Waals surface area contributed by atoms with Crippen molar-refractivity contribution in [2.75, 3.05) is 6.61 Å². The van der Waals surface area contributed by atoms with Gasteiger partial charge in [0.1, 0.15) is 34.6 Å². The molecular weight excluding hydrogens is 1110 g/mol. The Bertz CT molecular complexity index is 2820. The monoisotopic (exact) mass is 1200 g/mol. The van der Waals surface area contributed by atoms with Gasteiger partial charge in [0.15, 0.2) is 17.3 Å². The van der Waals surface area contributed by atoms with Gasteiger partial charge >= 0.3 is 5.97 Å². The molecule has 0 atom stereocenters. The Balaban J connectivity index is 0.000000187. The van der Waals surface area contributed by atoms with Gasteiger partial charge in [0.05, 0.1) is 33.7 Å². The highest BCUT2D eigenvalue weighted by molar-refractivity contribution is 6.33. The van der Waals surface area contributed by atoms with Crippen molar-refractivity contribution in [3.63, 3.8) is 0 Å². The summed E-state index contributed by atoms with van der Waals surface area (Å²) in [5.41, 5.74) is 14.8. The van der Waals surface area contributed by atoms with E-state index in [1.54, 1.807) is 19.3 Å². The first-order valence-electron chi connectivity index (χ1n) is 30.3. The summed E-state index contributed by atoms with van der Waals surface area (Å²) >= 11 is 12.8. The molecule has 456 valence electrons. The summed E-state index contributed by atoms with van der Waals surface area (Å²) in [6.45, 7) is 14.4. The lowest BCUT2D eigenvalue weighted by Gasteiger charge is -2.25. The third-order valence-electron chi connectivity index (χ3n) is 17.4. The molecule has 6 heterocycles. The molecule has 0 aliphatic heterocycles. The maximum absolute atomic E-state index is 9.82. The van der Waals surface area contributed by atoms with Crippen molar-refractivity contribution in [3.8, 4) is 34.4 Å². The second kappa shape index (κ2) is 32.1. The molecule has 18 heteroatoms. The minimum Gasteiger partial charge on any atom is -0.466 e. The topological polar surface area (TPSA) is 208 Å². The summed E-state index contributed by atoms with van der Waals surface area (Å²) in [6, 6.07) is 2.32. The Kier molecular flexibility index (Phi) is 26.0. The van der Waals surface area contributed by atoms with E-state index in [0.717, 1.165) is 163 Å². The lowest BCUT2D eigenvalue weighted by atomic mass is 9.81. The molecule has 6 fully saturated rings. The number of aromatic nitrogens is 9. The molecule has 2 N–H and O–H groups in total. The first kappa shape index (κ1) is 67.3. The highest BCUT2D eigenvalue weighted by Crippen LogP contribution is 2.41. The standard InChI is InChI=1S/C20H26ClN3O.C20H27N3O.C19H25ClN4O.C4H8O2.2CH4.ClH/c1-12-3-5-15(6-4-12)10-18-22-11-17(21)19(23-18)20-16(9-14-7-8-14)13(2)24-25-20;1-13-3-5-16(6-4-13)12-19-21-10-9-18(22-19)20-17(11-15-7-8-15)14(2)23-24-20;1-11-15(8-12-2-3-12)19(25-24-11)18-16(20)10-22-17(23-18)9-13-4-6-14(21)7-5-13;1-3-6-4(2)5;;;/h11-12,14-15H,3-10H2,1-2H3;9-10,13,15-16H,3-8,11-12H2,1-2H3;10,12-14H,2-9,21H2,1H3;3H2,1-2H3;2*1H4;1H. The maximum Gasteiger partial charge on any atom is 0.302 e. The van der Waals surface area contributed by atoms with Crippen LogP contribution in [0.1, 0.15) is 209 Å². The van der Waals surface area contributed by atoms with Crippen LogP contribution in [0.2, 0.25) is 10.0 Å². The Hall–Kier alpha value is -4.83. The van der Waals surface area contributed by atoms with E-state index in [1.807, 2.05) is 33.0 Å². The molecule has 0 bridgehead atoms. The summed E-state index contributed by atoms with van der Waals surface area (Å²) in [5.74, 6) is 10.9. The summed E-state index contributed by atoms with van der Waals surface area (Å²) in [4.78, 5) is 37.6. The van der Waals surface area contributed by atoms with Gasteiger partial charge in [-0.2, -0.15) is 0 Å². The first-order valence-corrected chi connectivity index (χ1v) is 31.0. The normalized spacial score (nSPS) is 21.9.